The van der Waals surface area contributed by atoms with Crippen LogP contribution in [0.2, 0.25) is 0 Å². The molecule has 4 rings (SSSR count). The third-order valence-corrected chi connectivity index (χ3v) is 11.8. The number of nitrogens with zero attached hydrogens (tertiary/aromatic N) is 2. The number of benzene rings is 2. The number of piperidine rings is 1. The summed E-state index contributed by atoms with van der Waals surface area (Å²) in [7, 11) is -3.77. The minimum absolute atomic E-state index is 0.0328. The number of carbonyl (C=O) groups is 7. The van der Waals surface area contributed by atoms with E-state index >= 15 is 0 Å². The summed E-state index contributed by atoms with van der Waals surface area (Å²) in [4.78, 5) is 102. The van der Waals surface area contributed by atoms with Crippen molar-refractivity contribution in [1.29, 1.82) is 0 Å². The van der Waals surface area contributed by atoms with Gasteiger partial charge in [-0.1, -0.05) is 76.6 Å². The van der Waals surface area contributed by atoms with Crippen LogP contribution >= 0.6 is 0 Å². The smallest absolute Gasteiger partial charge is 0.397 e. The minimum atomic E-state index is -5.11. The second kappa shape index (κ2) is 23.0. The van der Waals surface area contributed by atoms with Gasteiger partial charge in [0.25, 0.3) is 5.91 Å². The number of hydrogen-bond donors (Lipinski definition) is 8. The van der Waals surface area contributed by atoms with Gasteiger partial charge in [0.2, 0.25) is 29.5 Å². The van der Waals surface area contributed by atoms with Gasteiger partial charge in [-0.3, -0.25) is 33.3 Å². The van der Waals surface area contributed by atoms with E-state index in [0.29, 0.717) is 11.1 Å². The number of aromatic hydroxyl groups is 1. The molecule has 0 aliphatic carbocycles. The summed E-state index contributed by atoms with van der Waals surface area (Å²) in [6.07, 6.45) is -5.65. The van der Waals surface area contributed by atoms with Crippen LogP contribution in [0.5, 0.6) is 5.75 Å². The summed E-state index contributed by atoms with van der Waals surface area (Å²) >= 11 is 0. The van der Waals surface area contributed by atoms with E-state index in [4.69, 9.17) is 9.29 Å². The zero-order valence-electron chi connectivity index (χ0n) is 37.1. The molecule has 2 unspecified atom stereocenters. The number of nitrogens with one attached hydrogen (secondary N) is 4. The number of hydrogen-bond acceptors (Lipinski definition) is 14. The lowest BCUT2D eigenvalue weighted by atomic mass is 9.94. The van der Waals surface area contributed by atoms with E-state index in [2.05, 4.69) is 25.5 Å². The quantitative estimate of drug-likeness (QED) is 0.0925. The van der Waals surface area contributed by atoms with Crippen molar-refractivity contribution in [3.8, 4) is 5.75 Å². The van der Waals surface area contributed by atoms with Crippen molar-refractivity contribution in [1.82, 2.24) is 31.1 Å². The lowest BCUT2D eigenvalue weighted by Gasteiger charge is -2.43. The number of phenolic OH excluding ortho intramolecular Hbond substituents is 1. The van der Waals surface area contributed by atoms with Crippen LogP contribution in [-0.2, 0) is 65.7 Å². The molecule has 2 fully saturated rings. The fourth-order valence-electron chi connectivity index (χ4n) is 7.54. The van der Waals surface area contributed by atoms with E-state index in [1.54, 1.807) is 58.0 Å². The molecule has 10 atom stereocenters. The number of ether oxygens (including phenoxy) is 1. The highest BCUT2D eigenvalue weighted by Gasteiger charge is 2.46. The molecule has 6 amide bonds. The maximum absolute atomic E-state index is 15.0. The van der Waals surface area contributed by atoms with E-state index in [1.165, 1.54) is 38.2 Å². The van der Waals surface area contributed by atoms with Crippen LogP contribution in [0.3, 0.4) is 0 Å². The maximum Gasteiger partial charge on any atom is 0.397 e. The standard InChI is InChI=1S/C43H60N6O15S/c1-7-24(4)35-43(59)64-25(5)36(47-39(55)33(51)22-63-65(60,61)62)40(56)45-30(19-23(2)3)37(53)44-29-17-18-34(52)49(41(29)57)32(21-26-11-9-8-10-12-26)42(58)48(6)31(38(54)46-35)20-27-13-15-28(50)16-14-27/h8-16,23-25,29-36,50-52H,7,17-22H2,1-6H3,(H,44,53)(H,45,56)(H,46,54)(H,47,55)(H,60,61,62)/t24-,25-,29+,30?,31?,32+,33+,34-,35+,36+/m1/s1. The van der Waals surface area contributed by atoms with Crippen LogP contribution < -0.4 is 21.3 Å². The van der Waals surface area contributed by atoms with Crippen LogP contribution in [0.4, 0.5) is 0 Å². The van der Waals surface area contributed by atoms with Crippen molar-refractivity contribution in [2.75, 3.05) is 13.7 Å². The molecule has 2 heterocycles. The topological polar surface area (TPSA) is 308 Å². The fourth-order valence-corrected chi connectivity index (χ4v) is 7.84. The van der Waals surface area contributed by atoms with Crippen LogP contribution in [0.25, 0.3) is 0 Å². The third kappa shape index (κ3) is 14.4. The van der Waals surface area contributed by atoms with Crippen LogP contribution in [0.15, 0.2) is 54.6 Å². The van der Waals surface area contributed by atoms with Crippen molar-refractivity contribution in [2.45, 2.75) is 128 Å². The lowest BCUT2D eigenvalue weighted by Crippen LogP contribution is -2.65. The van der Waals surface area contributed by atoms with E-state index in [1.807, 2.05) is 0 Å². The van der Waals surface area contributed by atoms with Gasteiger partial charge in [-0.15, -0.1) is 0 Å². The number of rotatable bonds is 13. The van der Waals surface area contributed by atoms with Gasteiger partial charge >= 0.3 is 16.4 Å². The molecule has 2 aromatic carbocycles. The predicted molar refractivity (Wildman–Crippen MR) is 230 cm³/mol. The second-order valence-corrected chi connectivity index (χ2v) is 17.9. The van der Waals surface area contributed by atoms with Gasteiger partial charge in [0, 0.05) is 19.9 Å². The fraction of sp³-hybridized carbons (Fsp3) is 0.558. The minimum Gasteiger partial charge on any atom is -0.508 e. The van der Waals surface area contributed by atoms with E-state index in [0.717, 1.165) is 9.80 Å². The molecule has 2 saturated heterocycles. The van der Waals surface area contributed by atoms with Gasteiger partial charge in [0.1, 0.15) is 60.9 Å². The van der Waals surface area contributed by atoms with Crippen molar-refractivity contribution in [3.63, 3.8) is 0 Å². The maximum atomic E-state index is 15.0. The molecule has 2 aliphatic rings. The molecule has 0 spiro atoms. The second-order valence-electron chi connectivity index (χ2n) is 16.8. The molecule has 0 aromatic heterocycles. The Balaban J connectivity index is 1.88. The summed E-state index contributed by atoms with van der Waals surface area (Å²) in [5.41, 5.74) is 1.08. The molecular weight excluding hydrogens is 873 g/mol. The molecule has 21 nitrogen and oxygen atoms in total. The van der Waals surface area contributed by atoms with Crippen molar-refractivity contribution >= 4 is 51.8 Å². The number of aliphatic hydroxyl groups is 2. The number of cyclic esters (lactones) is 1. The molecule has 65 heavy (non-hydrogen) atoms. The monoisotopic (exact) mass is 932 g/mol. The van der Waals surface area contributed by atoms with Gasteiger partial charge in [-0.2, -0.15) is 8.42 Å². The third-order valence-electron chi connectivity index (χ3n) is 11.4. The van der Waals surface area contributed by atoms with Gasteiger partial charge in [-0.05, 0) is 61.3 Å². The number of fused-ring (bicyclic) bond motifs is 2. The van der Waals surface area contributed by atoms with Crippen molar-refractivity contribution < 1.29 is 70.8 Å². The predicted octanol–water partition coefficient (Wildman–Crippen LogP) is -0.529. The Labute approximate surface area is 377 Å². The number of likely N-dealkylation sites (N-methyl/N-ethyl adjacent to an activating group) is 1. The van der Waals surface area contributed by atoms with Crippen LogP contribution in [0.1, 0.15) is 71.4 Å². The molecule has 22 heteroatoms. The summed E-state index contributed by atoms with van der Waals surface area (Å²) in [5.74, 6) is -7.94. The molecule has 8 N–H and O–H groups in total. The average molecular weight is 933 g/mol. The first-order valence-corrected chi connectivity index (χ1v) is 22.7. The summed E-state index contributed by atoms with van der Waals surface area (Å²) in [6, 6.07) is 5.52. The molecule has 2 aliphatic heterocycles. The highest BCUT2D eigenvalue weighted by Crippen LogP contribution is 2.26. The lowest BCUT2D eigenvalue weighted by molar-refractivity contribution is -0.165. The number of esters is 1. The summed E-state index contributed by atoms with van der Waals surface area (Å²) in [5, 5.41) is 41.9. The van der Waals surface area contributed by atoms with Gasteiger partial charge in [0.15, 0.2) is 6.10 Å². The molecule has 0 saturated carbocycles. The molecule has 358 valence electrons. The number of aliphatic hydroxyl groups excluding tert-OH is 2. The Morgan fingerprint density at radius 1 is 0.877 bits per heavy atom. The first kappa shape index (κ1) is 51.9. The summed E-state index contributed by atoms with van der Waals surface area (Å²) in [6.45, 7) is 6.75. The largest absolute Gasteiger partial charge is 0.508 e. The number of amides is 6. The average Bonchev–Trinajstić information content (AvgIpc) is 3.25. The van der Waals surface area contributed by atoms with E-state index < -0.39 is 119 Å². The first-order valence-electron chi connectivity index (χ1n) is 21.3. The molecule has 2 aromatic rings. The van der Waals surface area contributed by atoms with Crippen molar-refractivity contribution in [2.24, 2.45) is 11.8 Å². The zero-order valence-corrected chi connectivity index (χ0v) is 37.9. The Morgan fingerprint density at radius 2 is 1.49 bits per heavy atom. The SMILES string of the molecule is CC[C@@H](C)[C@@H]1NC(=O)C(Cc2ccc(O)cc2)N(C)C(=O)[C@H](Cc2ccccc2)N2C(=O)[C@H](CC[C@H]2O)NC(=O)C(CC(C)C)NC(=O)[C@@H](NC(=O)[C@@H](O)COS(=O)(=O)O)[C@@H](C)OC1=O. The highest BCUT2D eigenvalue weighted by atomic mass is 32.3. The molecular formula is C43H60N6O15S. The Kier molecular flexibility index (Phi) is 18.4. The number of carbonyl (C=O) groups excluding carboxylic acids is 7. The summed E-state index contributed by atoms with van der Waals surface area (Å²) < 4.78 is 41.1. The Bertz CT molecular complexity index is 2130. The van der Waals surface area contributed by atoms with Crippen LogP contribution in [-0.4, -0.2) is 148 Å². The van der Waals surface area contributed by atoms with Gasteiger partial charge in [0.05, 0.1) is 0 Å². The first-order chi connectivity index (χ1) is 30.5. The van der Waals surface area contributed by atoms with E-state index in [9.17, 15) is 57.3 Å². The highest BCUT2D eigenvalue weighted by molar-refractivity contribution is 7.80. The van der Waals surface area contributed by atoms with Crippen LogP contribution in [0, 0.1) is 11.8 Å². The Morgan fingerprint density at radius 3 is 2.09 bits per heavy atom. The van der Waals surface area contributed by atoms with Gasteiger partial charge in [-0.25, -0.2) is 8.98 Å². The van der Waals surface area contributed by atoms with Crippen molar-refractivity contribution in [3.05, 3.63) is 65.7 Å². The zero-order chi connectivity index (χ0) is 48.3. The molecule has 0 radical (unpaired) electrons. The normalized spacial score (nSPS) is 26.4. The number of phenols is 1. The molecule has 2 bridgehead atoms. The van der Waals surface area contributed by atoms with Gasteiger partial charge < -0.3 is 51.1 Å². The van der Waals surface area contributed by atoms with E-state index in [-0.39, 0.29) is 50.2 Å². The Hall–Kier alpha value is -5.68.